The summed E-state index contributed by atoms with van der Waals surface area (Å²) in [6.45, 7) is 4.99. The average molecular weight is 347 g/mol. The van der Waals surface area contributed by atoms with E-state index in [4.69, 9.17) is 4.74 Å². The molecule has 1 N–H and O–H groups in total. The number of carbonyl (C=O) groups is 2. The zero-order chi connectivity index (χ0) is 18.5. The quantitative estimate of drug-likeness (QED) is 0.849. The zero-order valence-electron chi connectivity index (χ0n) is 13.9. The Labute approximate surface area is 138 Å². The molecule has 0 radical (unpaired) electrons. The third-order valence-electron chi connectivity index (χ3n) is 2.90. The molecule has 134 valence electrons. The van der Waals surface area contributed by atoms with Crippen molar-refractivity contribution >= 4 is 12.1 Å². The van der Waals surface area contributed by atoms with Gasteiger partial charge in [-0.25, -0.2) is 9.59 Å². The molecular weight excluding hydrogens is 327 g/mol. The molecule has 0 bridgehead atoms. The van der Waals surface area contributed by atoms with Gasteiger partial charge in [0.2, 0.25) is 0 Å². The summed E-state index contributed by atoms with van der Waals surface area (Å²) < 4.78 is 47.3. The number of carbonyl (C=O) groups excluding carboxylic acids is 2. The lowest BCUT2D eigenvalue weighted by atomic mass is 10.0. The topological polar surface area (TPSA) is 64.6 Å². The van der Waals surface area contributed by atoms with Crippen molar-refractivity contribution in [2.45, 2.75) is 45.0 Å². The number of benzene rings is 1. The van der Waals surface area contributed by atoms with Crippen LogP contribution in [0.1, 0.15) is 31.9 Å². The van der Waals surface area contributed by atoms with Gasteiger partial charge < -0.3 is 14.8 Å². The van der Waals surface area contributed by atoms with Crippen molar-refractivity contribution in [1.82, 2.24) is 5.32 Å². The monoisotopic (exact) mass is 347 g/mol. The highest BCUT2D eigenvalue weighted by atomic mass is 19.4. The predicted octanol–water partition coefficient (Wildman–Crippen LogP) is 3.31. The third-order valence-corrected chi connectivity index (χ3v) is 2.90. The van der Waals surface area contributed by atoms with Gasteiger partial charge in [0.05, 0.1) is 12.7 Å². The van der Waals surface area contributed by atoms with Crippen LogP contribution in [-0.2, 0) is 26.9 Å². The van der Waals surface area contributed by atoms with E-state index in [1.807, 2.05) is 0 Å². The van der Waals surface area contributed by atoms with Gasteiger partial charge in [-0.15, -0.1) is 0 Å². The largest absolute Gasteiger partial charge is 0.467 e. The first kappa shape index (κ1) is 19.8. The fraction of sp³-hybridized carbons (Fsp3) is 0.500. The lowest BCUT2D eigenvalue weighted by Gasteiger charge is -2.22. The first-order chi connectivity index (χ1) is 10.9. The molecule has 24 heavy (non-hydrogen) atoms. The number of hydrogen-bond acceptors (Lipinski definition) is 4. The molecule has 0 heterocycles. The number of amides is 1. The van der Waals surface area contributed by atoms with Crippen LogP contribution in [0.2, 0.25) is 0 Å². The predicted molar refractivity (Wildman–Crippen MR) is 80.3 cm³/mol. The van der Waals surface area contributed by atoms with E-state index in [9.17, 15) is 22.8 Å². The fourth-order valence-electron chi connectivity index (χ4n) is 1.85. The zero-order valence-corrected chi connectivity index (χ0v) is 13.9. The summed E-state index contributed by atoms with van der Waals surface area (Å²) in [6.07, 6.45) is -5.27. The van der Waals surface area contributed by atoms with E-state index < -0.39 is 35.4 Å². The molecule has 0 fully saturated rings. The van der Waals surface area contributed by atoms with Crippen LogP contribution in [0.5, 0.6) is 0 Å². The van der Waals surface area contributed by atoms with Crippen molar-refractivity contribution in [2.75, 3.05) is 7.11 Å². The van der Waals surface area contributed by atoms with Crippen LogP contribution in [0, 0.1) is 0 Å². The van der Waals surface area contributed by atoms with E-state index in [1.54, 1.807) is 20.8 Å². The van der Waals surface area contributed by atoms with Crippen LogP contribution in [0.4, 0.5) is 18.0 Å². The van der Waals surface area contributed by atoms with Crippen molar-refractivity contribution in [2.24, 2.45) is 0 Å². The van der Waals surface area contributed by atoms with Crippen molar-refractivity contribution in [3.8, 4) is 0 Å². The first-order valence-electron chi connectivity index (χ1n) is 7.16. The maximum absolute atomic E-state index is 12.5. The second kappa shape index (κ2) is 7.55. The number of nitrogens with one attached hydrogen (secondary N) is 1. The number of alkyl halides is 3. The molecule has 5 nitrogen and oxygen atoms in total. The summed E-state index contributed by atoms with van der Waals surface area (Å²) in [5.41, 5.74) is -1.10. The number of ether oxygens (including phenoxy) is 2. The Morgan fingerprint density at radius 2 is 1.67 bits per heavy atom. The SMILES string of the molecule is COC(=O)C(Cc1ccc(C(F)(F)F)cc1)NC(=O)OC(C)(C)C. The molecule has 1 aromatic carbocycles. The van der Waals surface area contributed by atoms with Crippen molar-refractivity contribution in [3.63, 3.8) is 0 Å². The number of rotatable bonds is 4. The Morgan fingerprint density at radius 1 is 1.12 bits per heavy atom. The molecule has 0 spiro atoms. The van der Waals surface area contributed by atoms with E-state index in [-0.39, 0.29) is 6.42 Å². The van der Waals surface area contributed by atoms with Crippen LogP contribution in [0.3, 0.4) is 0 Å². The van der Waals surface area contributed by atoms with E-state index in [2.05, 4.69) is 10.1 Å². The number of methoxy groups -OCH3 is 1. The summed E-state index contributed by atoms with van der Waals surface area (Å²) >= 11 is 0. The van der Waals surface area contributed by atoms with Gasteiger partial charge in [-0.3, -0.25) is 0 Å². The molecule has 0 saturated carbocycles. The van der Waals surface area contributed by atoms with E-state index in [0.717, 1.165) is 19.2 Å². The van der Waals surface area contributed by atoms with Crippen LogP contribution < -0.4 is 5.32 Å². The lowest BCUT2D eigenvalue weighted by molar-refractivity contribution is -0.143. The lowest BCUT2D eigenvalue weighted by Crippen LogP contribution is -2.45. The molecule has 1 unspecified atom stereocenters. The normalized spacial score (nSPS) is 13.1. The third kappa shape index (κ3) is 6.47. The van der Waals surface area contributed by atoms with Crippen LogP contribution in [0.15, 0.2) is 24.3 Å². The van der Waals surface area contributed by atoms with E-state index in [1.165, 1.54) is 12.1 Å². The molecule has 8 heteroatoms. The standard InChI is InChI=1S/C16H20F3NO4/c1-15(2,3)24-14(22)20-12(13(21)23-4)9-10-5-7-11(8-6-10)16(17,18)19/h5-8,12H,9H2,1-4H3,(H,20,22). The Bertz CT molecular complexity index is 576. The number of hydrogen-bond donors (Lipinski definition) is 1. The maximum atomic E-state index is 12.5. The Kier molecular flexibility index (Phi) is 6.22. The Balaban J connectivity index is 2.83. The molecule has 0 saturated heterocycles. The highest BCUT2D eigenvalue weighted by molar-refractivity contribution is 5.81. The van der Waals surface area contributed by atoms with Gasteiger partial charge in [0, 0.05) is 6.42 Å². The molecule has 0 aliphatic heterocycles. The second-order valence-corrected chi connectivity index (χ2v) is 6.12. The van der Waals surface area contributed by atoms with Gasteiger partial charge in [-0.05, 0) is 38.5 Å². The highest BCUT2D eigenvalue weighted by Crippen LogP contribution is 2.29. The minimum absolute atomic E-state index is 0.0238. The molecule has 1 atom stereocenters. The maximum Gasteiger partial charge on any atom is 0.416 e. The molecule has 1 rings (SSSR count). The Morgan fingerprint density at radius 3 is 2.08 bits per heavy atom. The minimum Gasteiger partial charge on any atom is -0.467 e. The molecule has 0 aliphatic rings. The fourth-order valence-corrected chi connectivity index (χ4v) is 1.85. The first-order valence-corrected chi connectivity index (χ1v) is 7.16. The van der Waals surface area contributed by atoms with Gasteiger partial charge >= 0.3 is 18.2 Å². The minimum atomic E-state index is -4.44. The Hall–Kier alpha value is -2.25. The van der Waals surface area contributed by atoms with Gasteiger partial charge in [-0.2, -0.15) is 13.2 Å². The van der Waals surface area contributed by atoms with Crippen molar-refractivity contribution in [3.05, 3.63) is 35.4 Å². The highest BCUT2D eigenvalue weighted by Gasteiger charge is 2.30. The summed E-state index contributed by atoms with van der Waals surface area (Å²) in [4.78, 5) is 23.5. The smallest absolute Gasteiger partial charge is 0.416 e. The molecular formula is C16H20F3NO4. The van der Waals surface area contributed by atoms with Gasteiger partial charge in [0.1, 0.15) is 11.6 Å². The number of esters is 1. The van der Waals surface area contributed by atoms with E-state index >= 15 is 0 Å². The van der Waals surface area contributed by atoms with Crippen molar-refractivity contribution in [1.29, 1.82) is 0 Å². The number of alkyl carbamates (subject to hydrolysis) is 1. The van der Waals surface area contributed by atoms with Gasteiger partial charge in [0.25, 0.3) is 0 Å². The summed E-state index contributed by atoms with van der Waals surface area (Å²) in [7, 11) is 1.15. The average Bonchev–Trinajstić information content (AvgIpc) is 2.43. The second-order valence-electron chi connectivity index (χ2n) is 6.12. The molecule has 1 amide bonds. The van der Waals surface area contributed by atoms with Crippen molar-refractivity contribution < 1.29 is 32.2 Å². The van der Waals surface area contributed by atoms with E-state index in [0.29, 0.717) is 5.56 Å². The van der Waals surface area contributed by atoms with Crippen LogP contribution in [-0.4, -0.2) is 30.8 Å². The molecule has 0 aliphatic carbocycles. The summed E-state index contributed by atoms with van der Waals surface area (Å²) in [6, 6.07) is 3.25. The molecule has 1 aromatic rings. The molecule has 0 aromatic heterocycles. The van der Waals surface area contributed by atoms with Gasteiger partial charge in [0.15, 0.2) is 0 Å². The summed E-state index contributed by atoms with van der Waals surface area (Å²) in [5, 5.41) is 2.36. The van der Waals surface area contributed by atoms with Crippen LogP contribution in [0.25, 0.3) is 0 Å². The number of halogens is 3. The summed E-state index contributed by atoms with van der Waals surface area (Å²) in [5.74, 6) is -0.722. The van der Waals surface area contributed by atoms with Gasteiger partial charge in [-0.1, -0.05) is 12.1 Å². The van der Waals surface area contributed by atoms with Crippen LogP contribution >= 0.6 is 0 Å².